The molecule has 0 unspecified atom stereocenters. The van der Waals surface area contributed by atoms with Crippen LogP contribution < -0.4 is 10.1 Å². The first-order valence-corrected chi connectivity index (χ1v) is 6.39. The second-order valence-electron chi connectivity index (χ2n) is 6.01. The Kier molecular flexibility index (Phi) is 3.43. The maximum Gasteiger partial charge on any atom is 0.122 e. The molecule has 0 amide bonds. The van der Waals surface area contributed by atoms with Crippen LogP contribution in [0.25, 0.3) is 0 Å². The fraction of sp³-hybridized carbons (Fsp3) is 0.600. The Morgan fingerprint density at radius 3 is 2.47 bits per heavy atom. The fourth-order valence-corrected chi connectivity index (χ4v) is 2.29. The van der Waals surface area contributed by atoms with Gasteiger partial charge in [-0.3, -0.25) is 0 Å². The minimum atomic E-state index is 0.138. The molecule has 0 radical (unpaired) electrons. The smallest absolute Gasteiger partial charge is 0.122 e. The van der Waals surface area contributed by atoms with Gasteiger partial charge in [-0.25, -0.2) is 0 Å². The van der Waals surface area contributed by atoms with Crippen molar-refractivity contribution in [2.45, 2.75) is 32.6 Å². The summed E-state index contributed by atoms with van der Waals surface area (Å²) in [5.41, 5.74) is 2.88. The van der Waals surface area contributed by atoms with Crippen LogP contribution in [0.2, 0.25) is 0 Å². The lowest BCUT2D eigenvalue weighted by molar-refractivity contribution is 0.346. The SMILES string of the molecule is COc1ccc(CC2CNC2)cc1C(C)(C)C. The van der Waals surface area contributed by atoms with E-state index in [2.05, 4.69) is 44.3 Å². The van der Waals surface area contributed by atoms with Crippen molar-refractivity contribution in [2.75, 3.05) is 20.2 Å². The Morgan fingerprint density at radius 2 is 2.00 bits per heavy atom. The van der Waals surface area contributed by atoms with E-state index >= 15 is 0 Å². The molecule has 0 spiro atoms. The summed E-state index contributed by atoms with van der Waals surface area (Å²) in [7, 11) is 1.75. The van der Waals surface area contributed by atoms with Gasteiger partial charge >= 0.3 is 0 Å². The quantitative estimate of drug-likeness (QED) is 0.866. The molecule has 1 saturated heterocycles. The largest absolute Gasteiger partial charge is 0.496 e. The first-order valence-electron chi connectivity index (χ1n) is 6.39. The molecule has 2 heteroatoms. The monoisotopic (exact) mass is 233 g/mol. The minimum Gasteiger partial charge on any atom is -0.496 e. The van der Waals surface area contributed by atoms with Crippen LogP contribution in [0.3, 0.4) is 0 Å². The Labute approximate surface area is 104 Å². The van der Waals surface area contributed by atoms with Crippen molar-refractivity contribution in [3.8, 4) is 5.75 Å². The molecule has 2 nitrogen and oxygen atoms in total. The van der Waals surface area contributed by atoms with Gasteiger partial charge in [0.25, 0.3) is 0 Å². The third-order valence-corrected chi connectivity index (χ3v) is 3.46. The van der Waals surface area contributed by atoms with Gasteiger partial charge < -0.3 is 10.1 Å². The molecule has 1 aliphatic heterocycles. The van der Waals surface area contributed by atoms with Gasteiger partial charge in [0, 0.05) is 0 Å². The van der Waals surface area contributed by atoms with Crippen molar-refractivity contribution in [2.24, 2.45) is 5.92 Å². The second kappa shape index (κ2) is 4.69. The van der Waals surface area contributed by atoms with Gasteiger partial charge in [0.2, 0.25) is 0 Å². The van der Waals surface area contributed by atoms with E-state index in [1.165, 1.54) is 17.5 Å². The number of benzene rings is 1. The van der Waals surface area contributed by atoms with E-state index in [1.54, 1.807) is 7.11 Å². The highest BCUT2D eigenvalue weighted by Gasteiger charge is 2.21. The van der Waals surface area contributed by atoms with Crippen LogP contribution in [0.1, 0.15) is 31.9 Å². The van der Waals surface area contributed by atoms with Gasteiger partial charge in [-0.05, 0) is 48.0 Å². The highest BCUT2D eigenvalue weighted by molar-refractivity contribution is 5.41. The van der Waals surface area contributed by atoms with Crippen LogP contribution in [0.5, 0.6) is 5.75 Å². The molecule has 0 bridgehead atoms. The standard InChI is InChI=1S/C15H23NO/c1-15(2,3)13-8-11(5-6-14(13)17-4)7-12-9-16-10-12/h5-6,8,12,16H,7,9-10H2,1-4H3. The summed E-state index contributed by atoms with van der Waals surface area (Å²) in [5, 5.41) is 3.32. The molecule has 0 aromatic heterocycles. The summed E-state index contributed by atoms with van der Waals surface area (Å²) in [6.07, 6.45) is 1.18. The molecule has 0 atom stereocenters. The molecule has 17 heavy (non-hydrogen) atoms. The fourth-order valence-electron chi connectivity index (χ4n) is 2.29. The van der Waals surface area contributed by atoms with Gasteiger partial charge in [-0.2, -0.15) is 0 Å². The Balaban J connectivity index is 2.24. The third kappa shape index (κ3) is 2.81. The lowest BCUT2D eigenvalue weighted by Gasteiger charge is -2.28. The molecule has 1 aliphatic rings. The van der Waals surface area contributed by atoms with E-state index in [0.29, 0.717) is 0 Å². The minimum absolute atomic E-state index is 0.138. The van der Waals surface area contributed by atoms with E-state index in [0.717, 1.165) is 24.8 Å². The van der Waals surface area contributed by atoms with Crippen molar-refractivity contribution in [3.05, 3.63) is 29.3 Å². The van der Waals surface area contributed by atoms with Gasteiger partial charge in [-0.1, -0.05) is 32.9 Å². The summed E-state index contributed by atoms with van der Waals surface area (Å²) < 4.78 is 5.46. The van der Waals surface area contributed by atoms with Crippen molar-refractivity contribution in [1.29, 1.82) is 0 Å². The summed E-state index contributed by atoms with van der Waals surface area (Å²) in [5.74, 6) is 1.82. The Hall–Kier alpha value is -1.02. The molecule has 1 heterocycles. The van der Waals surface area contributed by atoms with Crippen LogP contribution >= 0.6 is 0 Å². The molecule has 94 valence electrons. The van der Waals surface area contributed by atoms with Crippen molar-refractivity contribution in [3.63, 3.8) is 0 Å². The van der Waals surface area contributed by atoms with Crippen molar-refractivity contribution in [1.82, 2.24) is 5.32 Å². The van der Waals surface area contributed by atoms with Crippen LogP contribution in [0.15, 0.2) is 18.2 Å². The lowest BCUT2D eigenvalue weighted by atomic mass is 9.84. The molecule has 0 aliphatic carbocycles. The van der Waals surface area contributed by atoms with Crippen LogP contribution in [-0.4, -0.2) is 20.2 Å². The van der Waals surface area contributed by atoms with Crippen LogP contribution in [0, 0.1) is 5.92 Å². The number of rotatable bonds is 3. The van der Waals surface area contributed by atoms with E-state index in [4.69, 9.17) is 4.74 Å². The number of methoxy groups -OCH3 is 1. The molecule has 1 fully saturated rings. The second-order valence-corrected chi connectivity index (χ2v) is 6.01. The molecular formula is C15H23NO. The highest BCUT2D eigenvalue weighted by atomic mass is 16.5. The summed E-state index contributed by atoms with van der Waals surface area (Å²) >= 11 is 0. The maximum absolute atomic E-state index is 5.46. The summed E-state index contributed by atoms with van der Waals surface area (Å²) in [4.78, 5) is 0. The first kappa shape index (κ1) is 12.4. The maximum atomic E-state index is 5.46. The van der Waals surface area contributed by atoms with Gasteiger partial charge in [-0.15, -0.1) is 0 Å². The van der Waals surface area contributed by atoms with Gasteiger partial charge in [0.05, 0.1) is 7.11 Å². The van der Waals surface area contributed by atoms with E-state index in [1.807, 2.05) is 0 Å². The van der Waals surface area contributed by atoms with Crippen LogP contribution in [-0.2, 0) is 11.8 Å². The van der Waals surface area contributed by atoms with Crippen LogP contribution in [0.4, 0.5) is 0 Å². The molecule has 2 rings (SSSR count). The van der Waals surface area contributed by atoms with E-state index < -0.39 is 0 Å². The number of hydrogen-bond acceptors (Lipinski definition) is 2. The third-order valence-electron chi connectivity index (χ3n) is 3.46. The van der Waals surface area contributed by atoms with Gasteiger partial charge in [0.1, 0.15) is 5.75 Å². The zero-order chi connectivity index (χ0) is 12.5. The zero-order valence-electron chi connectivity index (χ0n) is 11.3. The molecule has 1 N–H and O–H groups in total. The molecule has 1 aromatic carbocycles. The average molecular weight is 233 g/mol. The predicted molar refractivity (Wildman–Crippen MR) is 71.8 cm³/mol. The zero-order valence-corrected chi connectivity index (χ0v) is 11.3. The number of hydrogen-bond donors (Lipinski definition) is 1. The molecule has 0 saturated carbocycles. The highest BCUT2D eigenvalue weighted by Crippen LogP contribution is 2.32. The number of ether oxygens (including phenoxy) is 1. The Bertz CT molecular complexity index is 388. The van der Waals surface area contributed by atoms with E-state index in [9.17, 15) is 0 Å². The van der Waals surface area contributed by atoms with Crippen molar-refractivity contribution >= 4 is 0 Å². The summed E-state index contributed by atoms with van der Waals surface area (Å²) in [6, 6.07) is 6.63. The number of nitrogens with one attached hydrogen (secondary N) is 1. The predicted octanol–water partition coefficient (Wildman–Crippen LogP) is 2.75. The lowest BCUT2D eigenvalue weighted by Crippen LogP contribution is -2.43. The average Bonchev–Trinajstić information content (AvgIpc) is 2.22. The topological polar surface area (TPSA) is 21.3 Å². The molecular weight excluding hydrogens is 210 g/mol. The van der Waals surface area contributed by atoms with E-state index in [-0.39, 0.29) is 5.41 Å². The Morgan fingerprint density at radius 1 is 1.29 bits per heavy atom. The first-order chi connectivity index (χ1) is 8.00. The van der Waals surface area contributed by atoms with Crippen molar-refractivity contribution < 1.29 is 4.74 Å². The summed E-state index contributed by atoms with van der Waals surface area (Å²) in [6.45, 7) is 9.03. The normalized spacial score (nSPS) is 16.7. The molecule has 1 aromatic rings. The van der Waals surface area contributed by atoms with Gasteiger partial charge in [0.15, 0.2) is 0 Å².